The van der Waals surface area contributed by atoms with Crippen molar-refractivity contribution in [2.45, 2.75) is 45.2 Å². The molecule has 1 N–H and O–H groups in total. The van der Waals surface area contributed by atoms with Gasteiger partial charge in [0.1, 0.15) is 6.04 Å². The molecule has 3 rings (SSSR count). The maximum atomic E-state index is 12.9. The van der Waals surface area contributed by atoms with Gasteiger partial charge >= 0.3 is 0 Å². The first kappa shape index (κ1) is 17.0. The third-order valence-electron chi connectivity index (χ3n) is 4.31. The van der Waals surface area contributed by atoms with Crippen molar-refractivity contribution < 1.29 is 4.79 Å². The molecule has 0 unspecified atom stereocenters. The Bertz CT molecular complexity index is 667. The molecule has 1 amide bonds. The molecular weight excluding hydrogens is 322 g/mol. The van der Waals surface area contributed by atoms with Crippen molar-refractivity contribution >= 4 is 17.4 Å². The first-order valence-corrected chi connectivity index (χ1v) is 9.17. The third-order valence-corrected chi connectivity index (χ3v) is 5.05. The lowest BCUT2D eigenvalue weighted by molar-refractivity contribution is -0.126. The van der Waals surface area contributed by atoms with Gasteiger partial charge in [-0.15, -0.1) is 5.10 Å². The van der Waals surface area contributed by atoms with Crippen LogP contribution in [0.1, 0.15) is 54.8 Å². The van der Waals surface area contributed by atoms with Crippen LogP contribution in [-0.2, 0) is 11.3 Å². The molecule has 2 aromatic rings. The number of carbonyl (C=O) groups excluding carboxylic acids is 1. The van der Waals surface area contributed by atoms with Crippen LogP contribution >= 0.6 is 11.5 Å². The third kappa shape index (κ3) is 3.79. The van der Waals surface area contributed by atoms with E-state index in [4.69, 9.17) is 0 Å². The van der Waals surface area contributed by atoms with Crippen molar-refractivity contribution in [3.63, 3.8) is 0 Å². The van der Waals surface area contributed by atoms with E-state index in [0.717, 1.165) is 42.1 Å². The second-order valence-corrected chi connectivity index (χ2v) is 7.22. The van der Waals surface area contributed by atoms with Crippen LogP contribution in [0.4, 0.5) is 0 Å². The Labute approximate surface area is 146 Å². The van der Waals surface area contributed by atoms with Crippen LogP contribution < -0.4 is 5.32 Å². The van der Waals surface area contributed by atoms with Crippen LogP contribution in [0.25, 0.3) is 0 Å². The Morgan fingerprint density at radius 3 is 2.83 bits per heavy atom. The number of pyridine rings is 1. The molecule has 1 aliphatic rings. The van der Waals surface area contributed by atoms with Gasteiger partial charge in [-0.05, 0) is 55.0 Å². The zero-order valence-corrected chi connectivity index (χ0v) is 14.9. The zero-order valence-electron chi connectivity index (χ0n) is 14.1. The van der Waals surface area contributed by atoms with E-state index in [1.807, 2.05) is 12.1 Å². The molecule has 1 fully saturated rings. The fourth-order valence-electron chi connectivity index (χ4n) is 3.11. The highest BCUT2D eigenvalue weighted by atomic mass is 32.1. The molecule has 6 nitrogen and oxygen atoms in total. The Morgan fingerprint density at radius 1 is 1.38 bits per heavy atom. The van der Waals surface area contributed by atoms with Crippen molar-refractivity contribution in [2.24, 2.45) is 0 Å². The SMILES string of the molecule is CC(C)c1nnsc1CNC(=O)[C@@H](c1cccnc1)N1CCCC1. The van der Waals surface area contributed by atoms with Crippen molar-refractivity contribution in [1.29, 1.82) is 0 Å². The van der Waals surface area contributed by atoms with E-state index in [-0.39, 0.29) is 11.9 Å². The zero-order chi connectivity index (χ0) is 16.9. The van der Waals surface area contributed by atoms with Crippen molar-refractivity contribution in [2.75, 3.05) is 13.1 Å². The van der Waals surface area contributed by atoms with E-state index in [2.05, 4.69) is 38.6 Å². The summed E-state index contributed by atoms with van der Waals surface area (Å²) < 4.78 is 4.02. The second kappa shape index (κ2) is 7.81. The summed E-state index contributed by atoms with van der Waals surface area (Å²) in [7, 11) is 0. The number of carbonyl (C=O) groups is 1. The van der Waals surface area contributed by atoms with Crippen molar-refractivity contribution in [3.8, 4) is 0 Å². The summed E-state index contributed by atoms with van der Waals surface area (Å²) in [5, 5.41) is 7.25. The predicted octanol–water partition coefficient (Wildman–Crippen LogP) is 2.51. The molecule has 1 aliphatic heterocycles. The first-order valence-electron chi connectivity index (χ1n) is 8.39. The summed E-state index contributed by atoms with van der Waals surface area (Å²) in [5.41, 5.74) is 1.92. The fourth-order valence-corrected chi connectivity index (χ4v) is 3.84. The summed E-state index contributed by atoms with van der Waals surface area (Å²) in [4.78, 5) is 20.3. The summed E-state index contributed by atoms with van der Waals surface area (Å²) in [6.07, 6.45) is 5.80. The molecule has 0 aromatic carbocycles. The highest BCUT2D eigenvalue weighted by Crippen LogP contribution is 2.25. The molecule has 7 heteroatoms. The van der Waals surface area contributed by atoms with Gasteiger partial charge in [-0.1, -0.05) is 24.4 Å². The van der Waals surface area contributed by atoms with E-state index >= 15 is 0 Å². The number of nitrogens with one attached hydrogen (secondary N) is 1. The fraction of sp³-hybridized carbons (Fsp3) is 0.529. The normalized spacial score (nSPS) is 16.5. The number of hydrogen-bond donors (Lipinski definition) is 1. The van der Waals surface area contributed by atoms with E-state index in [1.54, 1.807) is 12.4 Å². The summed E-state index contributed by atoms with van der Waals surface area (Å²) in [6, 6.07) is 3.59. The van der Waals surface area contributed by atoms with Gasteiger partial charge in [-0.25, -0.2) is 0 Å². The van der Waals surface area contributed by atoms with Gasteiger partial charge in [0.15, 0.2) is 0 Å². The number of hydrogen-bond acceptors (Lipinski definition) is 6. The van der Waals surface area contributed by atoms with Gasteiger partial charge in [0.2, 0.25) is 5.91 Å². The molecule has 0 saturated carbocycles. The van der Waals surface area contributed by atoms with Crippen LogP contribution in [0.2, 0.25) is 0 Å². The van der Waals surface area contributed by atoms with Gasteiger partial charge in [0.05, 0.1) is 17.1 Å². The highest BCUT2D eigenvalue weighted by molar-refractivity contribution is 7.05. The monoisotopic (exact) mass is 345 g/mol. The Morgan fingerprint density at radius 2 is 2.17 bits per heavy atom. The Balaban J connectivity index is 1.73. The number of nitrogens with zero attached hydrogens (tertiary/aromatic N) is 4. The molecule has 3 heterocycles. The molecule has 0 bridgehead atoms. The van der Waals surface area contributed by atoms with Crippen LogP contribution in [0.5, 0.6) is 0 Å². The van der Waals surface area contributed by atoms with Crippen LogP contribution in [0.15, 0.2) is 24.5 Å². The van der Waals surface area contributed by atoms with Gasteiger partial charge in [0, 0.05) is 12.4 Å². The quantitative estimate of drug-likeness (QED) is 0.871. The summed E-state index contributed by atoms with van der Waals surface area (Å²) >= 11 is 1.36. The Hall–Kier alpha value is -1.86. The molecule has 2 aromatic heterocycles. The van der Waals surface area contributed by atoms with E-state index in [1.165, 1.54) is 11.5 Å². The number of aromatic nitrogens is 3. The van der Waals surface area contributed by atoms with Gasteiger partial charge in [0.25, 0.3) is 0 Å². The largest absolute Gasteiger partial charge is 0.349 e. The molecule has 128 valence electrons. The van der Waals surface area contributed by atoms with Gasteiger partial charge < -0.3 is 5.32 Å². The first-order chi connectivity index (χ1) is 11.7. The Kier molecular flexibility index (Phi) is 5.52. The van der Waals surface area contributed by atoms with Crippen LogP contribution in [0.3, 0.4) is 0 Å². The molecule has 1 saturated heterocycles. The van der Waals surface area contributed by atoms with Crippen molar-refractivity contribution in [3.05, 3.63) is 40.7 Å². The number of rotatable bonds is 6. The van der Waals surface area contributed by atoms with E-state index < -0.39 is 0 Å². The average molecular weight is 345 g/mol. The van der Waals surface area contributed by atoms with Gasteiger partial charge in [-0.3, -0.25) is 14.7 Å². The maximum absolute atomic E-state index is 12.9. The molecule has 0 spiro atoms. The predicted molar refractivity (Wildman–Crippen MR) is 93.6 cm³/mol. The standard InChI is InChI=1S/C17H23N5OS/c1-12(2)15-14(24-21-20-15)11-19-17(23)16(22-8-3-4-9-22)13-6-5-7-18-10-13/h5-7,10,12,16H,3-4,8-9,11H2,1-2H3,(H,19,23)/t16-/m1/s1. The molecule has 0 aliphatic carbocycles. The average Bonchev–Trinajstić information content (AvgIpc) is 3.26. The van der Waals surface area contributed by atoms with Gasteiger partial charge in [-0.2, -0.15) is 0 Å². The van der Waals surface area contributed by atoms with Crippen LogP contribution in [-0.4, -0.2) is 38.5 Å². The topological polar surface area (TPSA) is 71.0 Å². The summed E-state index contributed by atoms with van der Waals surface area (Å²) in [6.45, 7) is 6.56. The smallest absolute Gasteiger partial charge is 0.242 e. The molecule has 0 radical (unpaired) electrons. The maximum Gasteiger partial charge on any atom is 0.242 e. The summed E-state index contributed by atoms with van der Waals surface area (Å²) in [5.74, 6) is 0.330. The lowest BCUT2D eigenvalue weighted by Gasteiger charge is -2.26. The molecule has 24 heavy (non-hydrogen) atoms. The second-order valence-electron chi connectivity index (χ2n) is 6.39. The highest BCUT2D eigenvalue weighted by Gasteiger charge is 2.30. The molecule has 1 atom stereocenters. The van der Waals surface area contributed by atoms with E-state index in [0.29, 0.717) is 12.5 Å². The van der Waals surface area contributed by atoms with E-state index in [9.17, 15) is 4.79 Å². The minimum absolute atomic E-state index is 0.0213. The van der Waals surface area contributed by atoms with Crippen LogP contribution in [0, 0.1) is 0 Å². The lowest BCUT2D eigenvalue weighted by Crippen LogP contribution is -2.39. The molecular formula is C17H23N5OS. The minimum atomic E-state index is -0.274. The lowest BCUT2D eigenvalue weighted by atomic mass is 10.1. The van der Waals surface area contributed by atoms with Crippen molar-refractivity contribution in [1.82, 2.24) is 24.8 Å². The minimum Gasteiger partial charge on any atom is -0.349 e. The number of likely N-dealkylation sites (tertiary alicyclic amines) is 1. The number of amides is 1.